The average Bonchev–Trinajstić information content (AvgIpc) is 2.98. The van der Waals surface area contributed by atoms with Crippen molar-refractivity contribution in [1.29, 1.82) is 0 Å². The van der Waals surface area contributed by atoms with Gasteiger partial charge in [-0.25, -0.2) is 0 Å². The van der Waals surface area contributed by atoms with E-state index >= 15 is 0 Å². The molecule has 0 aromatic heterocycles. The molecule has 0 amide bonds. The van der Waals surface area contributed by atoms with Crippen LogP contribution in [0.3, 0.4) is 0 Å². The number of rotatable bonds is 5. The van der Waals surface area contributed by atoms with Crippen LogP contribution in [-0.4, -0.2) is 6.04 Å². The molecule has 1 nitrogen and oxygen atoms in total. The summed E-state index contributed by atoms with van der Waals surface area (Å²) < 4.78 is 0. The fraction of sp³-hybridized carbons (Fsp3) is 0.923. The number of allylic oxidation sites excluding steroid dienone is 1. The van der Waals surface area contributed by atoms with Crippen LogP contribution in [0.15, 0.2) is 11.6 Å². The first-order valence-corrected chi connectivity index (χ1v) is 12.3. The molecule has 3 saturated carbocycles. The maximum absolute atomic E-state index is 6.29. The van der Waals surface area contributed by atoms with Gasteiger partial charge in [-0.1, -0.05) is 58.6 Å². The first-order valence-electron chi connectivity index (χ1n) is 12.3. The highest BCUT2D eigenvalue weighted by Gasteiger charge is 2.56. The Balaban J connectivity index is 1.45. The largest absolute Gasteiger partial charge is 0.327 e. The van der Waals surface area contributed by atoms with E-state index in [2.05, 4.69) is 33.8 Å². The van der Waals surface area contributed by atoms with Crippen LogP contribution in [0.25, 0.3) is 0 Å². The van der Waals surface area contributed by atoms with Gasteiger partial charge in [0.2, 0.25) is 0 Å². The third-order valence-electron chi connectivity index (χ3n) is 9.69. The molecule has 0 aromatic carbocycles. The van der Waals surface area contributed by atoms with Crippen LogP contribution in [0.5, 0.6) is 0 Å². The first-order chi connectivity index (χ1) is 12.9. The van der Waals surface area contributed by atoms with Crippen molar-refractivity contribution in [3.8, 4) is 0 Å². The van der Waals surface area contributed by atoms with Crippen molar-refractivity contribution in [3.63, 3.8) is 0 Å². The van der Waals surface area contributed by atoms with Crippen LogP contribution in [0.2, 0.25) is 0 Å². The summed E-state index contributed by atoms with van der Waals surface area (Å²) in [7, 11) is 0. The summed E-state index contributed by atoms with van der Waals surface area (Å²) in [4.78, 5) is 0. The Bertz CT molecular complexity index is 548. The zero-order valence-electron chi connectivity index (χ0n) is 18.6. The lowest BCUT2D eigenvalue weighted by atomic mass is 9.51. The molecular weight excluding hydrogens is 326 g/mol. The summed E-state index contributed by atoms with van der Waals surface area (Å²) in [5.74, 6) is 6.66. The molecular formula is C26H45N. The van der Waals surface area contributed by atoms with Gasteiger partial charge in [0, 0.05) is 6.04 Å². The molecule has 0 spiro atoms. The fourth-order valence-corrected chi connectivity index (χ4v) is 8.33. The summed E-state index contributed by atoms with van der Waals surface area (Å²) in [5, 5.41) is 0. The van der Waals surface area contributed by atoms with E-state index in [9.17, 15) is 0 Å². The van der Waals surface area contributed by atoms with E-state index in [1.165, 1.54) is 70.6 Å². The third-order valence-corrected chi connectivity index (χ3v) is 9.69. The molecule has 4 aliphatic rings. The molecule has 0 aliphatic heterocycles. The quantitative estimate of drug-likeness (QED) is 0.519. The van der Waals surface area contributed by atoms with Crippen LogP contribution < -0.4 is 5.73 Å². The molecule has 0 bridgehead atoms. The first kappa shape index (κ1) is 20.0. The van der Waals surface area contributed by atoms with E-state index in [0.29, 0.717) is 11.5 Å². The summed E-state index contributed by atoms with van der Waals surface area (Å²) in [6.45, 7) is 10.1. The lowest BCUT2D eigenvalue weighted by molar-refractivity contribution is -0.0252. The molecule has 8 unspecified atom stereocenters. The summed E-state index contributed by atoms with van der Waals surface area (Å²) >= 11 is 0. The highest BCUT2D eigenvalue weighted by molar-refractivity contribution is 5.20. The van der Waals surface area contributed by atoms with Gasteiger partial charge in [-0.05, 0) is 98.2 Å². The third kappa shape index (κ3) is 3.67. The standard InChI is InChI=1S/C26H45N/c1-17(2)6-5-7-18(3)24-12-13-25-23-10-8-19-16-20(27)9-11-21(19)22(23)14-15-26(24,25)4/h8,17-18,20-25H,5-7,9-16,27H2,1-4H3. The highest BCUT2D eigenvalue weighted by atomic mass is 14.7. The van der Waals surface area contributed by atoms with E-state index in [1.54, 1.807) is 5.57 Å². The molecule has 2 N–H and O–H groups in total. The Morgan fingerprint density at radius 2 is 1.85 bits per heavy atom. The Morgan fingerprint density at radius 3 is 2.63 bits per heavy atom. The van der Waals surface area contributed by atoms with Gasteiger partial charge in [0.1, 0.15) is 0 Å². The normalized spacial score (nSPS) is 45.0. The second kappa shape index (κ2) is 7.85. The van der Waals surface area contributed by atoms with Gasteiger partial charge in [-0.15, -0.1) is 0 Å². The molecule has 0 aromatic rings. The molecule has 27 heavy (non-hydrogen) atoms. The fourth-order valence-electron chi connectivity index (χ4n) is 8.33. The highest BCUT2D eigenvalue weighted by Crippen LogP contribution is 2.64. The number of fused-ring (bicyclic) bond motifs is 5. The van der Waals surface area contributed by atoms with Gasteiger partial charge in [0.25, 0.3) is 0 Å². The van der Waals surface area contributed by atoms with Crippen LogP contribution in [0.1, 0.15) is 98.3 Å². The topological polar surface area (TPSA) is 26.0 Å². The SMILES string of the molecule is CC(C)CCCC(C)C1CCC2C3CC=C4CC(N)CCC4C3CCC12C. The van der Waals surface area contributed by atoms with Gasteiger partial charge >= 0.3 is 0 Å². The monoisotopic (exact) mass is 371 g/mol. The van der Waals surface area contributed by atoms with Gasteiger partial charge < -0.3 is 5.73 Å². The van der Waals surface area contributed by atoms with Crippen LogP contribution >= 0.6 is 0 Å². The lowest BCUT2D eigenvalue weighted by Gasteiger charge is -2.54. The van der Waals surface area contributed by atoms with Crippen molar-refractivity contribution < 1.29 is 0 Å². The second-order valence-electron chi connectivity index (χ2n) is 11.6. The van der Waals surface area contributed by atoms with E-state index in [1.807, 2.05) is 0 Å². The van der Waals surface area contributed by atoms with Crippen LogP contribution in [0.4, 0.5) is 0 Å². The van der Waals surface area contributed by atoms with Crippen molar-refractivity contribution in [1.82, 2.24) is 0 Å². The number of hydrogen-bond donors (Lipinski definition) is 1. The van der Waals surface area contributed by atoms with E-state index in [-0.39, 0.29) is 0 Å². The number of hydrogen-bond acceptors (Lipinski definition) is 1. The van der Waals surface area contributed by atoms with Crippen molar-refractivity contribution in [2.75, 3.05) is 0 Å². The van der Waals surface area contributed by atoms with Crippen molar-refractivity contribution in [3.05, 3.63) is 11.6 Å². The van der Waals surface area contributed by atoms with Gasteiger partial charge in [0.05, 0.1) is 0 Å². The van der Waals surface area contributed by atoms with Crippen molar-refractivity contribution in [2.24, 2.45) is 52.6 Å². The van der Waals surface area contributed by atoms with Crippen LogP contribution in [-0.2, 0) is 0 Å². The minimum atomic E-state index is 0.445. The summed E-state index contributed by atoms with van der Waals surface area (Å²) in [6, 6.07) is 0.445. The zero-order valence-corrected chi connectivity index (χ0v) is 18.6. The Morgan fingerprint density at radius 1 is 1.04 bits per heavy atom. The molecule has 4 rings (SSSR count). The molecule has 8 atom stereocenters. The predicted molar refractivity (Wildman–Crippen MR) is 116 cm³/mol. The van der Waals surface area contributed by atoms with E-state index < -0.39 is 0 Å². The molecule has 4 aliphatic carbocycles. The van der Waals surface area contributed by atoms with Gasteiger partial charge in [0.15, 0.2) is 0 Å². The zero-order chi connectivity index (χ0) is 19.2. The summed E-state index contributed by atoms with van der Waals surface area (Å²) in [6.07, 6.45) is 18.2. The predicted octanol–water partition coefficient (Wildman–Crippen LogP) is 6.97. The molecule has 0 heterocycles. The second-order valence-corrected chi connectivity index (χ2v) is 11.6. The summed E-state index contributed by atoms with van der Waals surface area (Å²) in [5.41, 5.74) is 8.68. The van der Waals surface area contributed by atoms with Gasteiger partial charge in [-0.3, -0.25) is 0 Å². The minimum Gasteiger partial charge on any atom is -0.327 e. The Kier molecular flexibility index (Phi) is 5.81. The Labute approximate surface area is 168 Å². The van der Waals surface area contributed by atoms with Crippen molar-refractivity contribution >= 4 is 0 Å². The average molecular weight is 372 g/mol. The van der Waals surface area contributed by atoms with Crippen molar-refractivity contribution in [2.45, 2.75) is 104 Å². The Hall–Kier alpha value is -0.300. The van der Waals surface area contributed by atoms with E-state index in [0.717, 1.165) is 41.4 Å². The maximum Gasteiger partial charge on any atom is 0.00764 e. The minimum absolute atomic E-state index is 0.445. The molecule has 1 heteroatoms. The van der Waals surface area contributed by atoms with Crippen LogP contribution in [0, 0.1) is 46.8 Å². The molecule has 0 radical (unpaired) electrons. The molecule has 3 fully saturated rings. The smallest absolute Gasteiger partial charge is 0.00764 e. The lowest BCUT2D eigenvalue weighted by Crippen LogP contribution is -2.47. The van der Waals surface area contributed by atoms with E-state index in [4.69, 9.17) is 5.73 Å². The number of nitrogens with two attached hydrogens (primary N) is 1. The molecule has 0 saturated heterocycles. The molecule has 154 valence electrons. The van der Waals surface area contributed by atoms with Gasteiger partial charge in [-0.2, -0.15) is 0 Å². The maximum atomic E-state index is 6.29.